The van der Waals surface area contributed by atoms with Crippen LogP contribution in [-0.4, -0.2) is 26.8 Å². The summed E-state index contributed by atoms with van der Waals surface area (Å²) in [6.07, 6.45) is 0.981. The molecular formula is C28H28N2O3. The van der Waals surface area contributed by atoms with Crippen LogP contribution in [0.4, 0.5) is 0 Å². The topological polar surface area (TPSA) is 83.1 Å². The number of aromatic amines is 1. The van der Waals surface area contributed by atoms with Gasteiger partial charge in [-0.05, 0) is 85.7 Å². The van der Waals surface area contributed by atoms with Crippen LogP contribution in [-0.2, 0) is 17.6 Å². The summed E-state index contributed by atoms with van der Waals surface area (Å²) in [4.78, 5) is 31.9. The predicted octanol–water partition coefficient (Wildman–Crippen LogP) is 5.91. The van der Waals surface area contributed by atoms with Gasteiger partial charge >= 0.3 is 5.97 Å². The van der Waals surface area contributed by atoms with Crippen molar-refractivity contribution in [2.24, 2.45) is 0 Å². The number of carbonyl (C=O) groups is 2. The molecule has 1 heterocycles. The molecule has 0 aliphatic rings. The molecule has 3 aromatic carbocycles. The van der Waals surface area contributed by atoms with Gasteiger partial charge in [-0.1, -0.05) is 30.3 Å². The van der Waals surface area contributed by atoms with Crippen molar-refractivity contribution in [3.8, 4) is 11.4 Å². The van der Waals surface area contributed by atoms with E-state index in [1.807, 2.05) is 50.2 Å². The monoisotopic (exact) mass is 440 g/mol. The normalized spacial score (nSPS) is 11.2. The number of ketones is 1. The summed E-state index contributed by atoms with van der Waals surface area (Å²) in [6, 6.07) is 15.8. The Labute approximate surface area is 193 Å². The first-order valence-corrected chi connectivity index (χ1v) is 11.1. The molecule has 0 radical (unpaired) electrons. The Balaban J connectivity index is 1.61. The number of hydrogen-bond donors (Lipinski definition) is 2. The highest BCUT2D eigenvalue weighted by atomic mass is 16.4. The number of nitrogens with zero attached hydrogens (tertiary/aromatic N) is 1. The summed E-state index contributed by atoms with van der Waals surface area (Å²) >= 11 is 0. The fraction of sp³-hybridized carbons (Fsp3) is 0.250. The Morgan fingerprint density at radius 3 is 2.21 bits per heavy atom. The quantitative estimate of drug-likeness (QED) is 0.350. The number of carbonyl (C=O) groups excluding carboxylic acids is 1. The number of rotatable bonds is 7. The molecule has 4 aromatic rings. The molecule has 5 heteroatoms. The fourth-order valence-corrected chi connectivity index (χ4v) is 4.32. The van der Waals surface area contributed by atoms with Gasteiger partial charge in [-0.2, -0.15) is 0 Å². The smallest absolute Gasteiger partial charge is 0.303 e. The van der Waals surface area contributed by atoms with Crippen molar-refractivity contribution in [3.63, 3.8) is 0 Å². The second-order valence-electron chi connectivity index (χ2n) is 8.83. The Morgan fingerprint density at radius 1 is 0.848 bits per heavy atom. The Bertz CT molecular complexity index is 1360. The Hall–Kier alpha value is -3.73. The summed E-state index contributed by atoms with van der Waals surface area (Å²) in [6.45, 7) is 8.15. The van der Waals surface area contributed by atoms with Crippen LogP contribution in [0.2, 0.25) is 0 Å². The molecular weight excluding hydrogens is 412 g/mol. The molecule has 2 N–H and O–H groups in total. The minimum absolute atomic E-state index is 0.0754. The molecule has 5 nitrogen and oxygen atoms in total. The zero-order valence-electron chi connectivity index (χ0n) is 19.5. The van der Waals surface area contributed by atoms with Gasteiger partial charge in [0.15, 0.2) is 5.78 Å². The van der Waals surface area contributed by atoms with Crippen LogP contribution < -0.4 is 0 Å². The summed E-state index contributed by atoms with van der Waals surface area (Å²) < 4.78 is 0. The summed E-state index contributed by atoms with van der Waals surface area (Å²) in [5, 5.41) is 8.95. The predicted molar refractivity (Wildman–Crippen MR) is 131 cm³/mol. The molecule has 0 amide bonds. The molecule has 0 saturated carbocycles. The van der Waals surface area contributed by atoms with Gasteiger partial charge in [0, 0.05) is 24.0 Å². The molecule has 0 unspecified atom stereocenters. The minimum Gasteiger partial charge on any atom is -0.481 e. The van der Waals surface area contributed by atoms with E-state index in [9.17, 15) is 9.59 Å². The lowest BCUT2D eigenvalue weighted by Gasteiger charge is -2.10. The molecule has 0 fully saturated rings. The maximum Gasteiger partial charge on any atom is 0.303 e. The molecule has 33 heavy (non-hydrogen) atoms. The average Bonchev–Trinajstić information content (AvgIpc) is 3.17. The lowest BCUT2D eigenvalue weighted by molar-refractivity contribution is -0.136. The van der Waals surface area contributed by atoms with Gasteiger partial charge in [-0.15, -0.1) is 0 Å². The van der Waals surface area contributed by atoms with Crippen LogP contribution in [0.3, 0.4) is 0 Å². The van der Waals surface area contributed by atoms with E-state index < -0.39 is 5.97 Å². The third-order valence-corrected chi connectivity index (χ3v) is 6.20. The molecule has 168 valence electrons. The number of nitrogens with one attached hydrogen (secondary N) is 1. The minimum atomic E-state index is -0.797. The van der Waals surface area contributed by atoms with Gasteiger partial charge in [0.1, 0.15) is 5.82 Å². The van der Waals surface area contributed by atoms with E-state index in [1.54, 1.807) is 0 Å². The number of carboxylic acids is 1. The van der Waals surface area contributed by atoms with E-state index in [0.29, 0.717) is 18.4 Å². The SMILES string of the molecule is Cc1ccc(CC(=O)c2ccc3nc(-c4c(C)cc(CCC(=O)O)cc4C)[nH]c3c2)cc1C. The van der Waals surface area contributed by atoms with Gasteiger partial charge in [-0.3, -0.25) is 9.59 Å². The van der Waals surface area contributed by atoms with E-state index in [2.05, 4.69) is 31.0 Å². The van der Waals surface area contributed by atoms with Crippen molar-refractivity contribution in [2.75, 3.05) is 0 Å². The summed E-state index contributed by atoms with van der Waals surface area (Å²) in [7, 11) is 0. The lowest BCUT2D eigenvalue weighted by atomic mass is 9.97. The van der Waals surface area contributed by atoms with Crippen LogP contribution >= 0.6 is 0 Å². The number of carboxylic acid groups (broad SMARTS) is 1. The summed E-state index contributed by atoms with van der Waals surface area (Å²) in [5.41, 5.74) is 9.81. The molecule has 0 spiro atoms. The third-order valence-electron chi connectivity index (χ3n) is 6.20. The van der Waals surface area contributed by atoms with Gasteiger partial charge < -0.3 is 10.1 Å². The van der Waals surface area contributed by atoms with E-state index in [1.165, 1.54) is 11.1 Å². The van der Waals surface area contributed by atoms with Gasteiger partial charge in [0.25, 0.3) is 0 Å². The first-order chi connectivity index (χ1) is 15.7. The van der Waals surface area contributed by atoms with Crippen LogP contribution in [0.15, 0.2) is 48.5 Å². The maximum atomic E-state index is 12.9. The first-order valence-electron chi connectivity index (χ1n) is 11.1. The zero-order valence-corrected chi connectivity index (χ0v) is 19.5. The van der Waals surface area contributed by atoms with E-state index >= 15 is 0 Å². The van der Waals surface area contributed by atoms with E-state index in [4.69, 9.17) is 10.1 Å². The maximum absolute atomic E-state index is 12.9. The number of H-pyrrole nitrogens is 1. The third kappa shape index (κ3) is 4.87. The molecule has 0 bridgehead atoms. The second-order valence-corrected chi connectivity index (χ2v) is 8.83. The van der Waals surface area contributed by atoms with Crippen LogP contribution in [0.1, 0.15) is 50.2 Å². The highest BCUT2D eigenvalue weighted by Gasteiger charge is 2.15. The molecule has 1 aromatic heterocycles. The van der Waals surface area contributed by atoms with Crippen molar-refractivity contribution in [3.05, 3.63) is 87.5 Å². The molecule has 0 aliphatic heterocycles. The second kappa shape index (κ2) is 9.02. The van der Waals surface area contributed by atoms with Crippen molar-refractivity contribution in [2.45, 2.75) is 47.0 Å². The van der Waals surface area contributed by atoms with Crippen molar-refractivity contribution in [1.29, 1.82) is 0 Å². The number of benzene rings is 3. The lowest BCUT2D eigenvalue weighted by Crippen LogP contribution is -2.04. The molecule has 0 aliphatic carbocycles. The van der Waals surface area contributed by atoms with Gasteiger partial charge in [-0.25, -0.2) is 4.98 Å². The Kier molecular flexibility index (Phi) is 6.14. The van der Waals surface area contributed by atoms with E-state index in [-0.39, 0.29) is 12.2 Å². The van der Waals surface area contributed by atoms with Crippen molar-refractivity contribution < 1.29 is 14.7 Å². The number of Topliss-reactive ketones (excluding diaryl/α,β-unsaturated/α-hetero) is 1. The van der Waals surface area contributed by atoms with Gasteiger partial charge in [0.2, 0.25) is 0 Å². The number of hydrogen-bond acceptors (Lipinski definition) is 3. The number of aromatic nitrogens is 2. The highest BCUT2D eigenvalue weighted by Crippen LogP contribution is 2.29. The standard InChI is InChI=1S/C28H28N2O3/c1-16-5-6-21(11-17(16)2)14-25(31)22-8-9-23-24(15-22)30-28(29-23)27-18(3)12-20(13-19(27)4)7-10-26(32)33/h5-6,8-9,11-13,15H,7,10,14H2,1-4H3,(H,29,30)(H,32,33). The Morgan fingerprint density at radius 2 is 1.55 bits per heavy atom. The number of fused-ring (bicyclic) bond motifs is 1. The zero-order chi connectivity index (χ0) is 23.7. The highest BCUT2D eigenvalue weighted by molar-refractivity contribution is 6.00. The molecule has 0 saturated heterocycles. The van der Waals surface area contributed by atoms with Gasteiger partial charge in [0.05, 0.1) is 11.0 Å². The molecule has 0 atom stereocenters. The fourth-order valence-electron chi connectivity index (χ4n) is 4.32. The van der Waals surface area contributed by atoms with Crippen molar-refractivity contribution >= 4 is 22.8 Å². The summed E-state index contributed by atoms with van der Waals surface area (Å²) in [5.74, 6) is 0.0320. The van der Waals surface area contributed by atoms with Crippen LogP contribution in [0.5, 0.6) is 0 Å². The number of aryl methyl sites for hydroxylation is 5. The van der Waals surface area contributed by atoms with Crippen molar-refractivity contribution in [1.82, 2.24) is 9.97 Å². The van der Waals surface area contributed by atoms with Crippen LogP contribution in [0.25, 0.3) is 22.4 Å². The van der Waals surface area contributed by atoms with E-state index in [0.717, 1.165) is 44.7 Å². The first kappa shape index (κ1) is 22.5. The number of aliphatic carboxylic acids is 1. The average molecular weight is 441 g/mol. The number of imidazole rings is 1. The molecule has 4 rings (SSSR count). The largest absolute Gasteiger partial charge is 0.481 e. The van der Waals surface area contributed by atoms with Crippen LogP contribution in [0, 0.1) is 27.7 Å².